The molecule has 1 N–H and O–H groups in total. The average Bonchev–Trinajstić information content (AvgIpc) is 3.54. The highest BCUT2D eigenvalue weighted by Crippen LogP contribution is 2.57. The third kappa shape index (κ3) is 3.84. The van der Waals surface area contributed by atoms with Gasteiger partial charge in [-0.25, -0.2) is 0 Å². The van der Waals surface area contributed by atoms with E-state index in [9.17, 15) is 14.4 Å². The largest absolute Gasteiger partial charge is 0.381 e. The van der Waals surface area contributed by atoms with Crippen LogP contribution < -0.4 is 10.2 Å². The van der Waals surface area contributed by atoms with E-state index in [2.05, 4.69) is 16.3 Å². The minimum Gasteiger partial charge on any atom is -0.381 e. The number of carbonyl (C=O) groups excluding carboxylic acids is 3. The number of nitrogens with one attached hydrogen (secondary N) is 1. The second-order valence-corrected chi connectivity index (χ2v) is 11.2. The average molecular weight is 495 g/mol. The highest BCUT2D eigenvalue weighted by Gasteiger charge is 2.67. The molecule has 194 valence electrons. The van der Waals surface area contributed by atoms with Crippen LogP contribution in [0.4, 0.5) is 5.69 Å². The second-order valence-electron chi connectivity index (χ2n) is 11.2. The van der Waals surface area contributed by atoms with Crippen molar-refractivity contribution in [2.75, 3.05) is 50.8 Å². The maximum atomic E-state index is 14.3. The van der Waals surface area contributed by atoms with Crippen LogP contribution in [0.2, 0.25) is 0 Å². The quantitative estimate of drug-likeness (QED) is 0.682. The van der Waals surface area contributed by atoms with Gasteiger partial charge >= 0.3 is 0 Å². The van der Waals surface area contributed by atoms with Gasteiger partial charge in [-0.3, -0.25) is 19.3 Å². The van der Waals surface area contributed by atoms with Gasteiger partial charge in [-0.2, -0.15) is 0 Å². The first-order chi connectivity index (χ1) is 17.6. The Morgan fingerprint density at radius 2 is 1.81 bits per heavy atom. The lowest BCUT2D eigenvalue weighted by atomic mass is 9.78. The summed E-state index contributed by atoms with van der Waals surface area (Å²) < 4.78 is 5.46. The van der Waals surface area contributed by atoms with E-state index in [1.54, 1.807) is 0 Å². The first-order valence-corrected chi connectivity index (χ1v) is 13.9. The van der Waals surface area contributed by atoms with Gasteiger partial charge in [0.15, 0.2) is 0 Å². The number of anilines is 1. The molecule has 0 saturated carbocycles. The number of hydrogen-bond donors (Lipinski definition) is 1. The molecule has 5 aliphatic rings. The number of rotatable bonds is 2. The van der Waals surface area contributed by atoms with Crippen LogP contribution >= 0.6 is 0 Å². The van der Waals surface area contributed by atoms with Crippen molar-refractivity contribution in [1.82, 2.24) is 15.1 Å². The van der Waals surface area contributed by atoms with Crippen molar-refractivity contribution in [3.8, 4) is 0 Å². The lowest BCUT2D eigenvalue weighted by Crippen LogP contribution is -2.56. The number of ether oxygens (including phenoxy) is 1. The molecule has 36 heavy (non-hydrogen) atoms. The molecule has 0 radical (unpaired) electrons. The molecule has 1 spiro atoms. The zero-order valence-electron chi connectivity index (χ0n) is 21.1. The van der Waals surface area contributed by atoms with Gasteiger partial charge < -0.3 is 19.9 Å². The molecule has 0 unspecified atom stereocenters. The summed E-state index contributed by atoms with van der Waals surface area (Å²) in [7, 11) is 0. The second kappa shape index (κ2) is 9.78. The normalized spacial score (nSPS) is 31.7. The molecule has 6 rings (SSSR count). The summed E-state index contributed by atoms with van der Waals surface area (Å²) in [5.41, 5.74) is 1.03. The molecule has 3 amide bonds. The van der Waals surface area contributed by atoms with Gasteiger partial charge in [0.2, 0.25) is 11.8 Å². The lowest BCUT2D eigenvalue weighted by molar-refractivity contribution is -0.138. The topological polar surface area (TPSA) is 82.2 Å². The molecule has 5 aliphatic heterocycles. The van der Waals surface area contributed by atoms with Crippen LogP contribution in [0.1, 0.15) is 56.9 Å². The third-order valence-electron chi connectivity index (χ3n) is 9.21. The molecule has 1 aromatic rings. The van der Waals surface area contributed by atoms with Crippen molar-refractivity contribution in [1.29, 1.82) is 0 Å². The van der Waals surface area contributed by atoms with Crippen LogP contribution in [-0.2, 0) is 24.7 Å². The van der Waals surface area contributed by atoms with E-state index in [1.165, 1.54) is 0 Å². The summed E-state index contributed by atoms with van der Waals surface area (Å²) in [5, 5.41) is 3.16. The van der Waals surface area contributed by atoms with Crippen LogP contribution in [0.25, 0.3) is 0 Å². The molecule has 5 heterocycles. The van der Waals surface area contributed by atoms with Gasteiger partial charge in [-0.1, -0.05) is 18.2 Å². The van der Waals surface area contributed by atoms with Crippen LogP contribution in [0, 0.1) is 11.8 Å². The molecule has 8 nitrogen and oxygen atoms in total. The molecule has 8 heteroatoms. The number of nitrogens with zero attached hydrogens (tertiary/aromatic N) is 3. The Kier molecular flexibility index (Phi) is 6.50. The van der Waals surface area contributed by atoms with Crippen molar-refractivity contribution >= 4 is 23.4 Å². The van der Waals surface area contributed by atoms with Crippen LogP contribution in [0.15, 0.2) is 24.3 Å². The number of para-hydroxylation sites is 1. The van der Waals surface area contributed by atoms with E-state index in [0.717, 1.165) is 76.0 Å². The third-order valence-corrected chi connectivity index (χ3v) is 9.21. The van der Waals surface area contributed by atoms with E-state index in [4.69, 9.17) is 4.74 Å². The van der Waals surface area contributed by atoms with Crippen LogP contribution in [-0.4, -0.2) is 79.5 Å². The van der Waals surface area contributed by atoms with Gasteiger partial charge in [0, 0.05) is 63.1 Å². The Balaban J connectivity index is 1.28. The zero-order valence-corrected chi connectivity index (χ0v) is 21.1. The van der Waals surface area contributed by atoms with Gasteiger partial charge in [-0.15, -0.1) is 0 Å². The van der Waals surface area contributed by atoms with Crippen molar-refractivity contribution in [3.05, 3.63) is 29.8 Å². The maximum Gasteiger partial charge on any atom is 0.253 e. The molecule has 1 aromatic carbocycles. The van der Waals surface area contributed by atoms with Gasteiger partial charge in [0.25, 0.3) is 5.91 Å². The van der Waals surface area contributed by atoms with Gasteiger partial charge in [0.1, 0.15) is 5.54 Å². The van der Waals surface area contributed by atoms with Crippen LogP contribution in [0.5, 0.6) is 0 Å². The summed E-state index contributed by atoms with van der Waals surface area (Å²) in [6.07, 6.45) is 6.74. The standard InChI is InChI=1S/C28H38N4O4/c33-25(18-20-9-16-36-17-10-20)30-12-4-11-29-26(34)23-19-21-6-3-15-32(21)28(23)22-7-1-2-8-24(22)31(27(28)35)14-5-13-30/h1-2,7-8,20-21,23H,3-6,9-19H2,(H,29,34)/t21-,23-,28+/m0/s1. The summed E-state index contributed by atoms with van der Waals surface area (Å²) in [6, 6.07) is 8.35. The maximum absolute atomic E-state index is 14.3. The molecule has 4 fully saturated rings. The van der Waals surface area contributed by atoms with E-state index in [1.807, 2.05) is 28.0 Å². The smallest absolute Gasteiger partial charge is 0.253 e. The predicted octanol–water partition coefficient (Wildman–Crippen LogP) is 2.27. The van der Waals surface area contributed by atoms with Crippen molar-refractivity contribution in [3.63, 3.8) is 0 Å². The SMILES string of the molecule is O=C1NCCCN(C(=O)CC2CCOCC2)CCCN2C(=O)[C@@]3(c4ccccc42)[C@H]1C[C@@H]1CCCN13. The Labute approximate surface area is 213 Å². The number of fused-ring (bicyclic) bond motifs is 4. The summed E-state index contributed by atoms with van der Waals surface area (Å²) in [6.45, 7) is 4.68. The summed E-state index contributed by atoms with van der Waals surface area (Å²) in [4.78, 5) is 47.4. The molecule has 4 saturated heterocycles. The summed E-state index contributed by atoms with van der Waals surface area (Å²) >= 11 is 0. The zero-order chi connectivity index (χ0) is 24.7. The number of carbonyl (C=O) groups is 3. The minimum absolute atomic E-state index is 0.0197. The Bertz CT molecular complexity index is 1020. The fourth-order valence-electron chi connectivity index (χ4n) is 7.49. The van der Waals surface area contributed by atoms with Crippen molar-refractivity contribution in [2.24, 2.45) is 11.8 Å². The molecule has 0 aromatic heterocycles. The van der Waals surface area contributed by atoms with Gasteiger partial charge in [-0.05, 0) is 63.5 Å². The van der Waals surface area contributed by atoms with E-state index in [-0.39, 0.29) is 29.7 Å². The minimum atomic E-state index is -0.894. The highest BCUT2D eigenvalue weighted by molar-refractivity contribution is 6.10. The van der Waals surface area contributed by atoms with E-state index >= 15 is 0 Å². The molecular weight excluding hydrogens is 456 g/mol. The fraction of sp³-hybridized carbons (Fsp3) is 0.679. The number of hydrogen-bond acceptors (Lipinski definition) is 5. The predicted molar refractivity (Wildman–Crippen MR) is 135 cm³/mol. The van der Waals surface area contributed by atoms with E-state index in [0.29, 0.717) is 38.5 Å². The number of amides is 3. The van der Waals surface area contributed by atoms with Crippen molar-refractivity contribution in [2.45, 2.75) is 62.9 Å². The molecule has 3 atom stereocenters. The first kappa shape index (κ1) is 23.9. The monoisotopic (exact) mass is 494 g/mol. The number of benzene rings is 1. The highest BCUT2D eigenvalue weighted by atomic mass is 16.5. The first-order valence-electron chi connectivity index (χ1n) is 13.9. The molecule has 0 aliphatic carbocycles. The fourth-order valence-corrected chi connectivity index (χ4v) is 7.49. The molecular formula is C28H38N4O4. The lowest BCUT2D eigenvalue weighted by Gasteiger charge is -2.37. The Morgan fingerprint density at radius 1 is 1.00 bits per heavy atom. The van der Waals surface area contributed by atoms with Crippen molar-refractivity contribution < 1.29 is 19.1 Å². The Hall–Kier alpha value is -2.45. The van der Waals surface area contributed by atoms with E-state index < -0.39 is 5.54 Å². The van der Waals surface area contributed by atoms with Crippen LogP contribution in [0.3, 0.4) is 0 Å². The van der Waals surface area contributed by atoms with Gasteiger partial charge in [0.05, 0.1) is 5.92 Å². The summed E-state index contributed by atoms with van der Waals surface area (Å²) in [5.74, 6) is 0.217. The Morgan fingerprint density at radius 3 is 2.67 bits per heavy atom. The molecule has 2 bridgehead atoms.